The van der Waals surface area contributed by atoms with E-state index in [-0.39, 0.29) is 23.1 Å². The summed E-state index contributed by atoms with van der Waals surface area (Å²) in [4.78, 5) is 43.8. The number of esters is 1. The zero-order valence-electron chi connectivity index (χ0n) is 12.6. The summed E-state index contributed by atoms with van der Waals surface area (Å²) < 4.78 is 4.56. The van der Waals surface area contributed by atoms with E-state index in [9.17, 15) is 14.4 Å². The lowest BCUT2D eigenvalue weighted by atomic mass is 10.3. The molecule has 120 valence electrons. The van der Waals surface area contributed by atoms with Gasteiger partial charge >= 0.3 is 5.97 Å². The molecule has 8 heteroatoms. The van der Waals surface area contributed by atoms with Gasteiger partial charge in [-0.15, -0.1) is 0 Å². The van der Waals surface area contributed by atoms with E-state index in [1.54, 1.807) is 6.92 Å². The van der Waals surface area contributed by atoms with Crippen molar-refractivity contribution in [3.05, 3.63) is 22.1 Å². The van der Waals surface area contributed by atoms with E-state index in [1.165, 1.54) is 24.9 Å². The number of aromatic amines is 1. The van der Waals surface area contributed by atoms with Gasteiger partial charge in [-0.3, -0.25) is 14.4 Å². The van der Waals surface area contributed by atoms with Crippen LogP contribution in [-0.4, -0.2) is 52.2 Å². The van der Waals surface area contributed by atoms with Crippen LogP contribution >= 0.6 is 11.8 Å². The summed E-state index contributed by atoms with van der Waals surface area (Å²) in [5, 5.41) is 0.000997. The van der Waals surface area contributed by atoms with Gasteiger partial charge in [-0.05, 0) is 19.8 Å². The van der Waals surface area contributed by atoms with Crippen LogP contribution in [0.25, 0.3) is 0 Å². The van der Waals surface area contributed by atoms with E-state index in [2.05, 4.69) is 14.7 Å². The van der Waals surface area contributed by atoms with Gasteiger partial charge in [-0.25, -0.2) is 4.98 Å². The average Bonchev–Trinajstić information content (AvgIpc) is 2.99. The van der Waals surface area contributed by atoms with E-state index in [4.69, 9.17) is 0 Å². The lowest BCUT2D eigenvalue weighted by Crippen LogP contribution is -2.34. The number of nitrogens with one attached hydrogen (secondary N) is 1. The van der Waals surface area contributed by atoms with Crippen LogP contribution < -0.4 is 5.56 Å². The predicted octanol–water partition coefficient (Wildman–Crippen LogP) is 0.588. The van der Waals surface area contributed by atoms with E-state index in [0.29, 0.717) is 10.9 Å². The molecule has 0 radical (unpaired) electrons. The second-order valence-corrected chi connectivity index (χ2v) is 6.42. The first kappa shape index (κ1) is 16.5. The van der Waals surface area contributed by atoms with Crippen LogP contribution in [-0.2, 0) is 20.7 Å². The number of methoxy groups -OCH3 is 1. The van der Waals surface area contributed by atoms with Crippen LogP contribution in [0.3, 0.4) is 0 Å². The Morgan fingerprint density at radius 1 is 1.45 bits per heavy atom. The minimum Gasteiger partial charge on any atom is -0.469 e. The summed E-state index contributed by atoms with van der Waals surface area (Å²) in [5.74, 6) is -0.418. The maximum absolute atomic E-state index is 12.3. The van der Waals surface area contributed by atoms with Crippen molar-refractivity contribution in [3.8, 4) is 0 Å². The van der Waals surface area contributed by atoms with Gasteiger partial charge in [0.25, 0.3) is 5.56 Å². The second-order valence-electron chi connectivity index (χ2n) is 5.09. The summed E-state index contributed by atoms with van der Waals surface area (Å²) in [6.07, 6.45) is 2.00. The van der Waals surface area contributed by atoms with Gasteiger partial charge in [-0.1, -0.05) is 11.8 Å². The van der Waals surface area contributed by atoms with Gasteiger partial charge in [0.1, 0.15) is 0 Å². The van der Waals surface area contributed by atoms with Crippen LogP contribution in [0.4, 0.5) is 0 Å². The first-order chi connectivity index (χ1) is 10.5. The monoisotopic (exact) mass is 325 g/mol. The number of thioether (sulfide) groups is 1. The SMILES string of the molecule is COC(=O)Cc1cc(=O)[nH]c(S[C@H](C)C(=O)N2CCCC2)n1. The summed E-state index contributed by atoms with van der Waals surface area (Å²) in [6.45, 7) is 3.37. The minimum atomic E-state index is -0.463. The van der Waals surface area contributed by atoms with Crippen molar-refractivity contribution in [2.75, 3.05) is 20.2 Å². The summed E-state index contributed by atoms with van der Waals surface area (Å²) in [5.41, 5.74) is -0.0175. The number of amides is 1. The highest BCUT2D eigenvalue weighted by atomic mass is 32.2. The highest BCUT2D eigenvalue weighted by molar-refractivity contribution is 8.00. The molecule has 2 rings (SSSR count). The highest BCUT2D eigenvalue weighted by Gasteiger charge is 2.24. The van der Waals surface area contributed by atoms with Crippen molar-refractivity contribution < 1.29 is 14.3 Å². The number of carbonyl (C=O) groups is 2. The van der Waals surface area contributed by atoms with Crippen molar-refractivity contribution in [2.45, 2.75) is 36.6 Å². The Balaban J connectivity index is 2.06. The molecule has 1 aliphatic heterocycles. The number of hydrogen-bond donors (Lipinski definition) is 1. The average molecular weight is 325 g/mol. The molecule has 0 bridgehead atoms. The lowest BCUT2D eigenvalue weighted by molar-refractivity contribution is -0.139. The van der Waals surface area contributed by atoms with Gasteiger partial charge in [0.2, 0.25) is 5.91 Å². The molecule has 1 N–H and O–H groups in total. The molecule has 0 unspecified atom stereocenters. The lowest BCUT2D eigenvalue weighted by Gasteiger charge is -2.19. The Bertz CT molecular complexity index is 610. The Morgan fingerprint density at radius 3 is 2.77 bits per heavy atom. The highest BCUT2D eigenvalue weighted by Crippen LogP contribution is 2.22. The molecule has 0 aromatic carbocycles. The number of ether oxygens (including phenoxy) is 1. The third kappa shape index (κ3) is 4.33. The number of aromatic nitrogens is 2. The smallest absolute Gasteiger partial charge is 0.311 e. The molecule has 1 aliphatic rings. The zero-order valence-corrected chi connectivity index (χ0v) is 13.4. The molecule has 22 heavy (non-hydrogen) atoms. The van der Waals surface area contributed by atoms with Gasteiger partial charge in [0.15, 0.2) is 5.16 Å². The second kappa shape index (κ2) is 7.44. The Morgan fingerprint density at radius 2 is 2.14 bits per heavy atom. The van der Waals surface area contributed by atoms with E-state index >= 15 is 0 Å². The van der Waals surface area contributed by atoms with Crippen LogP contribution in [0.15, 0.2) is 16.0 Å². The molecule has 1 amide bonds. The quantitative estimate of drug-likeness (QED) is 0.484. The van der Waals surface area contributed by atoms with Crippen molar-refractivity contribution >= 4 is 23.6 Å². The number of carbonyl (C=O) groups excluding carboxylic acids is 2. The maximum atomic E-state index is 12.3. The standard InChI is InChI=1S/C14H19N3O4S/c1-9(13(20)17-5-3-4-6-17)22-14-15-10(7-11(18)16-14)8-12(19)21-2/h7,9H,3-6,8H2,1-2H3,(H,15,16,18)/t9-/m1/s1. The van der Waals surface area contributed by atoms with E-state index in [0.717, 1.165) is 25.9 Å². The fourth-order valence-electron chi connectivity index (χ4n) is 2.26. The fraction of sp³-hybridized carbons (Fsp3) is 0.571. The molecular weight excluding hydrogens is 306 g/mol. The van der Waals surface area contributed by atoms with Crippen molar-refractivity contribution in [3.63, 3.8) is 0 Å². The third-order valence-electron chi connectivity index (χ3n) is 3.38. The number of likely N-dealkylation sites (tertiary alicyclic amines) is 1. The topological polar surface area (TPSA) is 92.4 Å². The maximum Gasteiger partial charge on any atom is 0.311 e. The van der Waals surface area contributed by atoms with E-state index < -0.39 is 5.97 Å². The Hall–Kier alpha value is -1.83. The molecule has 1 saturated heterocycles. The molecule has 0 saturated carbocycles. The normalized spacial score (nSPS) is 15.6. The molecule has 2 heterocycles. The molecular formula is C14H19N3O4S. The third-order valence-corrected chi connectivity index (χ3v) is 4.35. The van der Waals surface area contributed by atoms with Crippen molar-refractivity contribution in [2.24, 2.45) is 0 Å². The van der Waals surface area contributed by atoms with Crippen LogP contribution in [0, 0.1) is 0 Å². The van der Waals surface area contributed by atoms with Crippen LogP contribution in [0.1, 0.15) is 25.5 Å². The first-order valence-electron chi connectivity index (χ1n) is 7.12. The number of nitrogens with zero attached hydrogens (tertiary/aromatic N) is 2. The molecule has 1 aromatic heterocycles. The predicted molar refractivity (Wildman–Crippen MR) is 81.7 cm³/mol. The minimum absolute atomic E-state index is 0.0449. The van der Waals surface area contributed by atoms with Crippen LogP contribution in [0.2, 0.25) is 0 Å². The molecule has 1 aromatic rings. The number of rotatable bonds is 5. The summed E-state index contributed by atoms with van der Waals surface area (Å²) in [7, 11) is 1.28. The molecule has 1 fully saturated rings. The Kier molecular flexibility index (Phi) is 5.59. The molecule has 0 aliphatic carbocycles. The van der Waals surface area contributed by atoms with Gasteiger partial charge < -0.3 is 14.6 Å². The fourth-order valence-corrected chi connectivity index (χ4v) is 3.18. The molecule has 1 atom stereocenters. The van der Waals surface area contributed by atoms with Gasteiger partial charge in [0, 0.05) is 19.2 Å². The zero-order chi connectivity index (χ0) is 16.1. The van der Waals surface area contributed by atoms with Gasteiger partial charge in [0.05, 0.1) is 24.5 Å². The number of H-pyrrole nitrogens is 1. The molecule has 7 nitrogen and oxygen atoms in total. The summed E-state index contributed by atoms with van der Waals surface area (Å²) in [6, 6.07) is 1.26. The van der Waals surface area contributed by atoms with Crippen LogP contribution in [0.5, 0.6) is 0 Å². The van der Waals surface area contributed by atoms with Gasteiger partial charge in [-0.2, -0.15) is 0 Å². The first-order valence-corrected chi connectivity index (χ1v) is 8.00. The van der Waals surface area contributed by atoms with Crippen molar-refractivity contribution in [1.29, 1.82) is 0 Å². The number of hydrogen-bond acceptors (Lipinski definition) is 6. The Labute approximate surface area is 132 Å². The van der Waals surface area contributed by atoms with E-state index in [1.807, 2.05) is 4.90 Å². The molecule has 0 spiro atoms. The largest absolute Gasteiger partial charge is 0.469 e. The van der Waals surface area contributed by atoms with Crippen molar-refractivity contribution in [1.82, 2.24) is 14.9 Å². The summed E-state index contributed by atoms with van der Waals surface area (Å²) >= 11 is 1.19.